The van der Waals surface area contributed by atoms with Gasteiger partial charge in [0.05, 0.1) is 4.92 Å². The van der Waals surface area contributed by atoms with Gasteiger partial charge >= 0.3 is 5.97 Å². The molecule has 1 atom stereocenters. The molecule has 0 fully saturated rings. The number of nitro groups is 1. The molecule has 0 saturated carbocycles. The van der Waals surface area contributed by atoms with Crippen molar-refractivity contribution in [3.8, 4) is 0 Å². The standard InChI is InChI=1S/C12H13ClN2O5/c1-6(2)10(12(17)18)14-11(16)7-3-4-8(13)9(5-7)15(19)20/h3-6,10H,1-2H3,(H,14,16)(H,17,18)/t10-/m0/s1. The number of hydrogen-bond acceptors (Lipinski definition) is 4. The summed E-state index contributed by atoms with van der Waals surface area (Å²) in [4.78, 5) is 32.9. The molecule has 0 aliphatic carbocycles. The van der Waals surface area contributed by atoms with Gasteiger partial charge in [-0.1, -0.05) is 25.4 Å². The lowest BCUT2D eigenvalue weighted by atomic mass is 10.0. The van der Waals surface area contributed by atoms with Crippen LogP contribution in [0, 0.1) is 16.0 Å². The number of amides is 1. The fourth-order valence-electron chi connectivity index (χ4n) is 1.53. The highest BCUT2D eigenvalue weighted by atomic mass is 35.5. The molecule has 0 aromatic heterocycles. The fraction of sp³-hybridized carbons (Fsp3) is 0.333. The zero-order chi connectivity index (χ0) is 15.4. The van der Waals surface area contributed by atoms with Gasteiger partial charge in [0.1, 0.15) is 11.1 Å². The zero-order valence-corrected chi connectivity index (χ0v) is 11.5. The first-order valence-electron chi connectivity index (χ1n) is 5.71. The normalized spacial score (nSPS) is 12.0. The number of halogens is 1. The molecular weight excluding hydrogens is 288 g/mol. The molecule has 0 aliphatic rings. The summed E-state index contributed by atoms with van der Waals surface area (Å²) in [5.74, 6) is -2.19. The van der Waals surface area contributed by atoms with Crippen molar-refractivity contribution in [2.24, 2.45) is 5.92 Å². The summed E-state index contributed by atoms with van der Waals surface area (Å²) in [7, 11) is 0. The number of carboxylic acid groups (broad SMARTS) is 1. The average Bonchev–Trinajstić information content (AvgIpc) is 2.34. The van der Waals surface area contributed by atoms with E-state index in [2.05, 4.69) is 5.32 Å². The van der Waals surface area contributed by atoms with E-state index < -0.39 is 28.5 Å². The molecule has 1 aromatic carbocycles. The van der Waals surface area contributed by atoms with Crippen LogP contribution in [0.15, 0.2) is 18.2 Å². The number of hydrogen-bond donors (Lipinski definition) is 2. The van der Waals surface area contributed by atoms with Gasteiger partial charge in [-0.05, 0) is 18.1 Å². The Balaban J connectivity index is 3.01. The number of benzene rings is 1. The molecular formula is C12H13ClN2O5. The highest BCUT2D eigenvalue weighted by molar-refractivity contribution is 6.32. The number of nitro benzene ring substituents is 1. The molecule has 1 amide bonds. The van der Waals surface area contributed by atoms with Crippen LogP contribution >= 0.6 is 11.6 Å². The summed E-state index contributed by atoms with van der Waals surface area (Å²) in [6.45, 7) is 3.28. The smallest absolute Gasteiger partial charge is 0.326 e. The van der Waals surface area contributed by atoms with Crippen molar-refractivity contribution >= 4 is 29.2 Å². The third-order valence-corrected chi connectivity index (χ3v) is 2.94. The van der Waals surface area contributed by atoms with Crippen LogP contribution in [0.2, 0.25) is 5.02 Å². The Bertz CT molecular complexity index is 559. The summed E-state index contributed by atoms with van der Waals surface area (Å²) < 4.78 is 0. The summed E-state index contributed by atoms with van der Waals surface area (Å²) >= 11 is 5.64. The number of carbonyl (C=O) groups is 2. The summed E-state index contributed by atoms with van der Waals surface area (Å²) in [6.07, 6.45) is 0. The Kier molecular flexibility index (Phi) is 5.04. The number of carbonyl (C=O) groups excluding carboxylic acids is 1. The summed E-state index contributed by atoms with van der Waals surface area (Å²) in [5, 5.41) is 21.9. The Morgan fingerprint density at radius 1 is 1.40 bits per heavy atom. The average molecular weight is 301 g/mol. The van der Waals surface area contributed by atoms with E-state index in [1.54, 1.807) is 13.8 Å². The molecule has 20 heavy (non-hydrogen) atoms. The minimum atomic E-state index is -1.17. The van der Waals surface area contributed by atoms with Crippen LogP contribution in [-0.2, 0) is 4.79 Å². The second-order valence-corrected chi connectivity index (χ2v) is 4.86. The van der Waals surface area contributed by atoms with Gasteiger partial charge in [0, 0.05) is 11.6 Å². The van der Waals surface area contributed by atoms with Crippen molar-refractivity contribution in [1.82, 2.24) is 5.32 Å². The summed E-state index contributed by atoms with van der Waals surface area (Å²) in [5.41, 5.74) is -0.427. The minimum absolute atomic E-state index is 0.0204. The first kappa shape index (κ1) is 15.9. The van der Waals surface area contributed by atoms with Crippen LogP contribution < -0.4 is 5.32 Å². The van der Waals surface area contributed by atoms with Crippen LogP contribution in [0.1, 0.15) is 24.2 Å². The van der Waals surface area contributed by atoms with Crippen LogP contribution in [0.5, 0.6) is 0 Å². The van der Waals surface area contributed by atoms with E-state index in [-0.39, 0.29) is 16.5 Å². The van der Waals surface area contributed by atoms with Gasteiger partial charge in [0.15, 0.2) is 0 Å². The number of nitrogens with zero attached hydrogens (tertiary/aromatic N) is 1. The lowest BCUT2D eigenvalue weighted by Crippen LogP contribution is -2.44. The minimum Gasteiger partial charge on any atom is -0.480 e. The second-order valence-electron chi connectivity index (χ2n) is 4.46. The monoisotopic (exact) mass is 300 g/mol. The predicted molar refractivity (Wildman–Crippen MR) is 71.8 cm³/mol. The quantitative estimate of drug-likeness (QED) is 0.639. The maximum absolute atomic E-state index is 11.9. The van der Waals surface area contributed by atoms with Crippen molar-refractivity contribution in [3.05, 3.63) is 38.9 Å². The van der Waals surface area contributed by atoms with Gasteiger partial charge < -0.3 is 10.4 Å². The molecule has 1 aromatic rings. The van der Waals surface area contributed by atoms with Gasteiger partial charge in [-0.3, -0.25) is 14.9 Å². The van der Waals surface area contributed by atoms with Gasteiger partial charge in [-0.15, -0.1) is 0 Å². The SMILES string of the molecule is CC(C)[C@H](NC(=O)c1ccc(Cl)c([N+](=O)[O-])c1)C(=O)O. The fourth-order valence-corrected chi connectivity index (χ4v) is 1.72. The lowest BCUT2D eigenvalue weighted by Gasteiger charge is -2.17. The topological polar surface area (TPSA) is 110 Å². The zero-order valence-electron chi connectivity index (χ0n) is 10.8. The Morgan fingerprint density at radius 2 is 2.00 bits per heavy atom. The first-order valence-corrected chi connectivity index (χ1v) is 6.09. The van der Waals surface area contributed by atoms with Gasteiger partial charge in [-0.2, -0.15) is 0 Å². The Labute approximate surface area is 119 Å². The van der Waals surface area contributed by atoms with Crippen molar-refractivity contribution < 1.29 is 19.6 Å². The molecule has 0 aliphatic heterocycles. The molecule has 8 heteroatoms. The van der Waals surface area contributed by atoms with E-state index >= 15 is 0 Å². The molecule has 0 radical (unpaired) electrons. The van der Waals surface area contributed by atoms with Gasteiger partial charge in [0.25, 0.3) is 11.6 Å². The molecule has 2 N–H and O–H groups in total. The lowest BCUT2D eigenvalue weighted by molar-refractivity contribution is -0.384. The van der Waals surface area contributed by atoms with Crippen LogP contribution in [-0.4, -0.2) is 27.9 Å². The number of carboxylic acids is 1. The van der Waals surface area contributed by atoms with Crippen molar-refractivity contribution in [2.75, 3.05) is 0 Å². The number of aliphatic carboxylic acids is 1. The molecule has 0 heterocycles. The van der Waals surface area contributed by atoms with E-state index in [1.165, 1.54) is 12.1 Å². The molecule has 7 nitrogen and oxygen atoms in total. The van der Waals surface area contributed by atoms with Gasteiger partial charge in [0.2, 0.25) is 0 Å². The van der Waals surface area contributed by atoms with Crippen LogP contribution in [0.3, 0.4) is 0 Å². The summed E-state index contributed by atoms with van der Waals surface area (Å²) in [6, 6.07) is 2.46. The van der Waals surface area contributed by atoms with E-state index in [0.29, 0.717) is 0 Å². The second kappa shape index (κ2) is 6.33. The molecule has 0 unspecified atom stereocenters. The van der Waals surface area contributed by atoms with Crippen molar-refractivity contribution in [3.63, 3.8) is 0 Å². The Morgan fingerprint density at radius 3 is 2.45 bits per heavy atom. The Hall–Kier alpha value is -2.15. The predicted octanol–water partition coefficient (Wildman–Crippen LogP) is 2.09. The molecule has 108 valence electrons. The van der Waals surface area contributed by atoms with E-state index in [4.69, 9.17) is 16.7 Å². The maximum atomic E-state index is 11.9. The number of rotatable bonds is 5. The largest absolute Gasteiger partial charge is 0.480 e. The molecule has 0 bridgehead atoms. The maximum Gasteiger partial charge on any atom is 0.326 e. The molecule has 0 spiro atoms. The highest BCUT2D eigenvalue weighted by Crippen LogP contribution is 2.25. The third-order valence-electron chi connectivity index (χ3n) is 2.62. The van der Waals surface area contributed by atoms with Crippen LogP contribution in [0.4, 0.5) is 5.69 Å². The molecule has 1 rings (SSSR count). The van der Waals surface area contributed by atoms with Crippen molar-refractivity contribution in [2.45, 2.75) is 19.9 Å². The van der Waals surface area contributed by atoms with E-state index in [1.807, 2.05) is 0 Å². The van der Waals surface area contributed by atoms with Gasteiger partial charge in [-0.25, -0.2) is 4.79 Å². The van der Waals surface area contributed by atoms with E-state index in [9.17, 15) is 19.7 Å². The highest BCUT2D eigenvalue weighted by Gasteiger charge is 2.25. The van der Waals surface area contributed by atoms with Crippen LogP contribution in [0.25, 0.3) is 0 Å². The molecule has 0 saturated heterocycles. The van der Waals surface area contributed by atoms with E-state index in [0.717, 1.165) is 6.07 Å². The first-order chi connectivity index (χ1) is 9.23. The third kappa shape index (κ3) is 3.67. The van der Waals surface area contributed by atoms with Crippen molar-refractivity contribution in [1.29, 1.82) is 0 Å². The number of nitrogens with one attached hydrogen (secondary N) is 1.